The van der Waals surface area contributed by atoms with Crippen LogP contribution in [0, 0.1) is 13.8 Å². The SMILES string of the molecule is CCNC(=O)c1nn2c(NC)nnc2c(C)c1C. The summed E-state index contributed by atoms with van der Waals surface area (Å²) in [5, 5.41) is 18.0. The van der Waals surface area contributed by atoms with Gasteiger partial charge in [0.1, 0.15) is 0 Å². The first kappa shape index (κ1) is 12.3. The van der Waals surface area contributed by atoms with Crippen LogP contribution >= 0.6 is 0 Å². The van der Waals surface area contributed by atoms with E-state index in [1.54, 1.807) is 11.6 Å². The molecule has 0 fully saturated rings. The molecule has 2 N–H and O–H groups in total. The van der Waals surface area contributed by atoms with Crippen LogP contribution in [0.15, 0.2) is 0 Å². The molecular weight excluding hydrogens is 232 g/mol. The average molecular weight is 248 g/mol. The van der Waals surface area contributed by atoms with E-state index in [0.717, 1.165) is 11.1 Å². The Bertz CT molecular complexity index is 603. The second kappa shape index (κ2) is 4.59. The highest BCUT2D eigenvalue weighted by Gasteiger charge is 2.18. The third-order valence-electron chi connectivity index (χ3n) is 2.87. The van der Waals surface area contributed by atoms with Gasteiger partial charge in [-0.3, -0.25) is 4.79 Å². The minimum absolute atomic E-state index is 0.184. The van der Waals surface area contributed by atoms with Crippen LogP contribution in [0.2, 0.25) is 0 Å². The van der Waals surface area contributed by atoms with Crippen LogP contribution in [-0.2, 0) is 0 Å². The van der Waals surface area contributed by atoms with E-state index >= 15 is 0 Å². The number of amides is 1. The highest BCUT2D eigenvalue weighted by Crippen LogP contribution is 2.17. The predicted molar refractivity (Wildman–Crippen MR) is 67.8 cm³/mol. The van der Waals surface area contributed by atoms with Gasteiger partial charge in [-0.15, -0.1) is 10.2 Å². The number of nitrogens with zero attached hydrogens (tertiary/aromatic N) is 4. The Hall–Kier alpha value is -2.18. The minimum Gasteiger partial charge on any atom is -0.356 e. The first-order valence-corrected chi connectivity index (χ1v) is 5.78. The third-order valence-corrected chi connectivity index (χ3v) is 2.87. The Morgan fingerprint density at radius 2 is 2.00 bits per heavy atom. The number of hydrogen-bond donors (Lipinski definition) is 2. The van der Waals surface area contributed by atoms with Gasteiger partial charge in [0, 0.05) is 19.2 Å². The molecule has 0 atom stereocenters. The van der Waals surface area contributed by atoms with E-state index < -0.39 is 0 Å². The zero-order valence-corrected chi connectivity index (χ0v) is 10.9. The molecule has 0 aliphatic rings. The summed E-state index contributed by atoms with van der Waals surface area (Å²) >= 11 is 0. The van der Waals surface area contributed by atoms with Crippen molar-refractivity contribution < 1.29 is 4.79 Å². The molecule has 7 heteroatoms. The maximum Gasteiger partial charge on any atom is 0.272 e. The molecule has 2 rings (SSSR count). The molecule has 0 unspecified atom stereocenters. The zero-order valence-electron chi connectivity index (χ0n) is 10.9. The predicted octanol–water partition coefficient (Wildman–Crippen LogP) is 0.533. The fourth-order valence-corrected chi connectivity index (χ4v) is 1.74. The van der Waals surface area contributed by atoms with E-state index in [2.05, 4.69) is 25.9 Å². The Labute approximate surface area is 105 Å². The quantitative estimate of drug-likeness (QED) is 0.827. The monoisotopic (exact) mass is 248 g/mol. The second-order valence-electron chi connectivity index (χ2n) is 3.97. The van der Waals surface area contributed by atoms with Gasteiger partial charge in [0.15, 0.2) is 11.3 Å². The largest absolute Gasteiger partial charge is 0.356 e. The molecule has 0 bridgehead atoms. The summed E-state index contributed by atoms with van der Waals surface area (Å²) in [5.74, 6) is 0.328. The molecule has 1 amide bonds. The summed E-state index contributed by atoms with van der Waals surface area (Å²) in [5.41, 5.74) is 2.78. The van der Waals surface area contributed by atoms with Crippen molar-refractivity contribution in [1.82, 2.24) is 25.1 Å². The van der Waals surface area contributed by atoms with Crippen LogP contribution in [0.4, 0.5) is 5.95 Å². The maximum atomic E-state index is 11.9. The molecular formula is C11H16N6O. The number of nitrogens with one attached hydrogen (secondary N) is 2. The van der Waals surface area contributed by atoms with Crippen molar-refractivity contribution in [2.75, 3.05) is 18.9 Å². The lowest BCUT2D eigenvalue weighted by Crippen LogP contribution is -2.26. The maximum absolute atomic E-state index is 11.9. The molecule has 96 valence electrons. The van der Waals surface area contributed by atoms with Crippen molar-refractivity contribution in [2.24, 2.45) is 0 Å². The molecule has 18 heavy (non-hydrogen) atoms. The fraction of sp³-hybridized carbons (Fsp3) is 0.455. The van der Waals surface area contributed by atoms with Gasteiger partial charge in [-0.1, -0.05) is 0 Å². The first-order chi connectivity index (χ1) is 8.60. The van der Waals surface area contributed by atoms with E-state index in [4.69, 9.17) is 0 Å². The van der Waals surface area contributed by atoms with Crippen molar-refractivity contribution in [3.63, 3.8) is 0 Å². The highest BCUT2D eigenvalue weighted by atomic mass is 16.1. The molecule has 0 radical (unpaired) electrons. The normalized spacial score (nSPS) is 10.7. The summed E-state index contributed by atoms with van der Waals surface area (Å²) in [7, 11) is 1.74. The molecule has 0 spiro atoms. The molecule has 0 aromatic carbocycles. The number of aromatic nitrogens is 4. The Kier molecular flexibility index (Phi) is 3.14. The Balaban J connectivity index is 2.67. The molecule has 2 aromatic heterocycles. The van der Waals surface area contributed by atoms with Crippen LogP contribution < -0.4 is 10.6 Å². The number of carbonyl (C=O) groups excluding carboxylic acids is 1. The van der Waals surface area contributed by atoms with E-state index in [-0.39, 0.29) is 5.91 Å². The first-order valence-electron chi connectivity index (χ1n) is 5.78. The lowest BCUT2D eigenvalue weighted by Gasteiger charge is -2.09. The summed E-state index contributed by atoms with van der Waals surface area (Å²) in [6.07, 6.45) is 0. The van der Waals surface area contributed by atoms with Gasteiger partial charge in [-0.05, 0) is 26.3 Å². The molecule has 0 saturated heterocycles. The van der Waals surface area contributed by atoms with Crippen LogP contribution in [0.3, 0.4) is 0 Å². The van der Waals surface area contributed by atoms with Crippen molar-refractivity contribution >= 4 is 17.5 Å². The molecule has 0 aliphatic carbocycles. The van der Waals surface area contributed by atoms with Crippen molar-refractivity contribution in [3.05, 3.63) is 16.8 Å². The van der Waals surface area contributed by atoms with Crippen LogP contribution in [0.1, 0.15) is 28.5 Å². The number of hydrogen-bond acceptors (Lipinski definition) is 5. The summed E-state index contributed by atoms with van der Waals surface area (Å²) in [6.45, 7) is 6.21. The second-order valence-corrected chi connectivity index (χ2v) is 3.97. The zero-order chi connectivity index (χ0) is 13.3. The van der Waals surface area contributed by atoms with Gasteiger partial charge >= 0.3 is 0 Å². The highest BCUT2D eigenvalue weighted by molar-refractivity contribution is 5.94. The number of rotatable bonds is 3. The average Bonchev–Trinajstić information content (AvgIpc) is 2.76. The Morgan fingerprint density at radius 1 is 1.28 bits per heavy atom. The molecule has 0 aliphatic heterocycles. The van der Waals surface area contributed by atoms with Gasteiger partial charge in [0.05, 0.1) is 0 Å². The van der Waals surface area contributed by atoms with Crippen LogP contribution in [-0.4, -0.2) is 39.3 Å². The molecule has 0 saturated carbocycles. The summed E-state index contributed by atoms with van der Waals surface area (Å²) in [6, 6.07) is 0. The van der Waals surface area contributed by atoms with Crippen molar-refractivity contribution in [3.8, 4) is 0 Å². The number of fused-ring (bicyclic) bond motifs is 1. The number of carbonyl (C=O) groups is 1. The van der Waals surface area contributed by atoms with Gasteiger partial charge in [0.25, 0.3) is 5.91 Å². The Morgan fingerprint density at radius 3 is 2.61 bits per heavy atom. The van der Waals surface area contributed by atoms with E-state index in [9.17, 15) is 4.79 Å². The number of anilines is 1. The van der Waals surface area contributed by atoms with Gasteiger partial charge in [-0.25, -0.2) is 0 Å². The van der Waals surface area contributed by atoms with Crippen LogP contribution in [0.25, 0.3) is 5.65 Å². The topological polar surface area (TPSA) is 84.2 Å². The molecule has 7 nitrogen and oxygen atoms in total. The van der Waals surface area contributed by atoms with E-state index in [1.165, 1.54) is 0 Å². The van der Waals surface area contributed by atoms with E-state index in [0.29, 0.717) is 23.8 Å². The van der Waals surface area contributed by atoms with Crippen molar-refractivity contribution in [2.45, 2.75) is 20.8 Å². The molecule has 2 aromatic rings. The number of aryl methyl sites for hydroxylation is 1. The smallest absolute Gasteiger partial charge is 0.272 e. The summed E-state index contributed by atoms with van der Waals surface area (Å²) in [4.78, 5) is 11.9. The van der Waals surface area contributed by atoms with E-state index in [1.807, 2.05) is 20.8 Å². The van der Waals surface area contributed by atoms with Gasteiger partial charge in [-0.2, -0.15) is 9.61 Å². The molecule has 2 heterocycles. The van der Waals surface area contributed by atoms with Gasteiger partial charge in [0.2, 0.25) is 5.95 Å². The van der Waals surface area contributed by atoms with Crippen molar-refractivity contribution in [1.29, 1.82) is 0 Å². The third kappa shape index (κ3) is 1.77. The fourth-order valence-electron chi connectivity index (χ4n) is 1.74. The minimum atomic E-state index is -0.184. The lowest BCUT2D eigenvalue weighted by molar-refractivity contribution is 0.0949. The van der Waals surface area contributed by atoms with Crippen LogP contribution in [0.5, 0.6) is 0 Å². The van der Waals surface area contributed by atoms with Gasteiger partial charge < -0.3 is 10.6 Å². The lowest BCUT2D eigenvalue weighted by atomic mass is 10.1. The summed E-state index contributed by atoms with van der Waals surface area (Å²) < 4.78 is 1.55. The standard InChI is InChI=1S/C11H16N6O/c1-5-13-10(18)8-6(2)7(3)9-14-15-11(12-4)17(9)16-8/h5H2,1-4H3,(H,12,15)(H,13,18).